The van der Waals surface area contributed by atoms with E-state index < -0.39 is 122 Å². The third kappa shape index (κ3) is 13.0. The van der Waals surface area contributed by atoms with Gasteiger partial charge < -0.3 is 16.2 Å². The lowest BCUT2D eigenvalue weighted by atomic mass is 10.1. The van der Waals surface area contributed by atoms with Gasteiger partial charge in [-0.2, -0.15) is 43.9 Å². The molecule has 1 unspecified atom stereocenters. The molecule has 5 rings (SSSR count). The van der Waals surface area contributed by atoms with Crippen LogP contribution in [-0.2, 0) is 59.6 Å². The van der Waals surface area contributed by atoms with Crippen LogP contribution in [0.3, 0.4) is 0 Å². The summed E-state index contributed by atoms with van der Waals surface area (Å²) < 4.78 is 164. The number of phenolic OH excluding ortho intramolecular Hbond substituents is 1. The largest absolute Gasteiger partial charge is 0.505 e. The van der Waals surface area contributed by atoms with Gasteiger partial charge in [0, 0.05) is 21.8 Å². The number of halogens is 2. The van der Waals surface area contributed by atoms with Crippen LogP contribution in [0.2, 0.25) is 0 Å². The van der Waals surface area contributed by atoms with Gasteiger partial charge in [-0.3, -0.25) is 23.0 Å². The number of nitrogens with zero attached hydrogens (tertiary/aromatic N) is 6. The van der Waals surface area contributed by atoms with E-state index in [0.29, 0.717) is 0 Å². The van der Waals surface area contributed by atoms with Crippen molar-refractivity contribution in [3.63, 3.8) is 0 Å². The van der Waals surface area contributed by atoms with E-state index in [4.69, 9.17) is 14.8 Å². The minimum atomic E-state index is -5.38. The number of hydrogen-bond donors (Lipinski definition) is 7. The number of amides is 1. The Balaban J connectivity index is 1.60. The van der Waals surface area contributed by atoms with Gasteiger partial charge in [0.2, 0.25) is 5.91 Å². The van der Waals surface area contributed by atoms with Gasteiger partial charge in [-0.15, -0.1) is 20.5 Å². The van der Waals surface area contributed by atoms with Crippen LogP contribution in [0.1, 0.15) is 0 Å². The van der Waals surface area contributed by atoms with Crippen LogP contribution < -0.4 is 11.1 Å². The van der Waals surface area contributed by atoms with Crippen molar-refractivity contribution < 1.29 is 74.4 Å². The van der Waals surface area contributed by atoms with Gasteiger partial charge in [0.25, 0.3) is 30.4 Å². The molecule has 0 spiro atoms. The van der Waals surface area contributed by atoms with Gasteiger partial charge >= 0.3 is 10.4 Å². The molecule has 1 atom stereocenters. The zero-order valence-electron chi connectivity index (χ0n) is 31.9. The van der Waals surface area contributed by atoms with E-state index in [1.165, 1.54) is 6.07 Å². The molecule has 1 amide bonds. The topological polar surface area (TPSA) is 410 Å². The molecule has 0 saturated heterocycles. The number of nitrogens with one attached hydrogen (secondary N) is 1. The number of azo groups is 3. The van der Waals surface area contributed by atoms with Gasteiger partial charge in [-0.05, 0) is 78.9 Å². The Labute approximate surface area is 384 Å². The number of nitrogens with two attached hydrogens (primary N) is 1. The number of nitrogen functional groups attached to an aromatic ring is 1. The van der Waals surface area contributed by atoms with E-state index in [1.807, 2.05) is 0 Å². The number of benzene rings is 5. The third-order valence-electron chi connectivity index (χ3n) is 8.23. The predicted octanol–water partition coefficient (Wildman–Crippen LogP) is 6.80. The van der Waals surface area contributed by atoms with Crippen LogP contribution in [0.25, 0.3) is 10.8 Å². The number of carbonyl (C=O) groups excluding carboxylic acids is 1. The fraction of sp³-hybridized carbons (Fsp3) is 0.121. The maximum Gasteiger partial charge on any atom is 0.397 e. The smallest absolute Gasteiger partial charge is 0.397 e. The number of aromatic hydroxyl groups is 1. The Morgan fingerprint density at radius 2 is 1.25 bits per heavy atom. The number of anilines is 2. The summed E-state index contributed by atoms with van der Waals surface area (Å²) >= 11 is 6.27. The van der Waals surface area contributed by atoms with E-state index in [0.717, 1.165) is 72.8 Å². The van der Waals surface area contributed by atoms with E-state index >= 15 is 0 Å². The first kappa shape index (κ1) is 50.7. The zero-order valence-corrected chi connectivity index (χ0v) is 39.2. The van der Waals surface area contributed by atoms with Crippen molar-refractivity contribution in [3.05, 3.63) is 78.9 Å². The van der Waals surface area contributed by atoms with Crippen molar-refractivity contribution in [2.75, 3.05) is 28.7 Å². The molecule has 0 saturated carbocycles. The first-order valence-corrected chi connectivity index (χ1v) is 26.5. The number of carbonyl (C=O) groups is 1. The van der Waals surface area contributed by atoms with Crippen LogP contribution >= 0.6 is 31.9 Å². The average molecular weight is 1130 g/mol. The lowest BCUT2D eigenvalue weighted by molar-refractivity contribution is -0.115. The molecule has 0 fully saturated rings. The highest BCUT2D eigenvalue weighted by Crippen LogP contribution is 2.46. The first-order chi connectivity index (χ1) is 30.1. The van der Waals surface area contributed by atoms with Crippen molar-refractivity contribution in [3.8, 4) is 5.75 Å². The highest BCUT2D eigenvalue weighted by molar-refractivity contribution is 9.12. The lowest BCUT2D eigenvalue weighted by Gasteiger charge is -2.13. The molecule has 0 aliphatic carbocycles. The van der Waals surface area contributed by atoms with Crippen molar-refractivity contribution >= 4 is 145 Å². The molecule has 5 aromatic carbocycles. The molecule has 0 heterocycles. The van der Waals surface area contributed by atoms with Crippen molar-refractivity contribution in [2.24, 2.45) is 30.7 Å². The van der Waals surface area contributed by atoms with E-state index in [1.54, 1.807) is 0 Å². The fourth-order valence-electron chi connectivity index (χ4n) is 5.27. The Hall–Kier alpha value is -5.26. The molecule has 5 aromatic rings. The van der Waals surface area contributed by atoms with Gasteiger partial charge in [-0.1, -0.05) is 31.9 Å². The number of alkyl halides is 2. The molecule has 65 heavy (non-hydrogen) atoms. The summed E-state index contributed by atoms with van der Waals surface area (Å²) in [6.45, 7) is -1.03. The van der Waals surface area contributed by atoms with Crippen molar-refractivity contribution in [1.82, 2.24) is 0 Å². The molecule has 0 aliphatic heterocycles. The highest BCUT2D eigenvalue weighted by Gasteiger charge is 2.26. The van der Waals surface area contributed by atoms with Crippen LogP contribution in [0, 0.1) is 0 Å². The number of rotatable bonds is 17. The summed E-state index contributed by atoms with van der Waals surface area (Å²) in [5.74, 6) is -2.62. The number of phenols is 1. The Bertz CT molecular complexity index is 3400. The predicted molar refractivity (Wildman–Crippen MR) is 236 cm³/mol. The minimum absolute atomic E-state index is 0.0165. The quantitative estimate of drug-likeness (QED) is 0.0218. The van der Waals surface area contributed by atoms with Crippen LogP contribution in [0.4, 0.5) is 45.5 Å². The van der Waals surface area contributed by atoms with E-state index in [-0.39, 0.29) is 38.9 Å². The van der Waals surface area contributed by atoms with Crippen LogP contribution in [0.15, 0.2) is 129 Å². The lowest BCUT2D eigenvalue weighted by Crippen LogP contribution is -2.23. The summed E-state index contributed by atoms with van der Waals surface area (Å²) in [4.78, 5) is 8.67. The Kier molecular flexibility index (Phi) is 15.4. The zero-order chi connectivity index (χ0) is 48.3. The van der Waals surface area contributed by atoms with Crippen molar-refractivity contribution in [2.45, 2.75) is 24.4 Å². The van der Waals surface area contributed by atoms with Crippen LogP contribution in [-0.4, -0.2) is 93.8 Å². The standard InChI is InChI=1S/C33H28Br2N8O17S5/c34-16-23(35)33(45)37-18-4-10-27(61(46,47)12-11-60-65(57,58)59)26(13-18)41-42-30-22-15-29(64(54,55)56)31(32(44)21(22)7-8-24(30)36)43-40-25-9-3-19(14-28(25)63(51,52)53)39-38-17-1-5-20(6-2-17)62(48,49)50/h1-10,13-15,23,44H,11-12,16,36H2,(H,37,45)(H,48,49,50)(H,51,52,53)(H,54,55,56)(H,57,58,59)/b39-38+,42-41+,43-40+. The molecule has 32 heteroatoms. The number of hydrogen-bond acceptors (Lipinski definition) is 20. The molecule has 0 aliphatic rings. The fourth-order valence-corrected chi connectivity index (χ4v) is 9.07. The minimum Gasteiger partial charge on any atom is -0.505 e. The monoisotopic (exact) mass is 1130 g/mol. The van der Waals surface area contributed by atoms with E-state index in [9.17, 15) is 61.1 Å². The molecule has 346 valence electrons. The Morgan fingerprint density at radius 3 is 1.85 bits per heavy atom. The molecule has 8 N–H and O–H groups in total. The normalized spacial score (nSPS) is 13.6. The summed E-state index contributed by atoms with van der Waals surface area (Å²) in [6.07, 6.45) is 0. The maximum atomic E-state index is 13.3. The average Bonchev–Trinajstić information content (AvgIpc) is 3.20. The molecule has 0 bridgehead atoms. The SMILES string of the molecule is Nc1ccc2c(O)c(/N=N/c3ccc(/N=N/c4ccc(S(=O)(=O)O)cc4)cc3S(=O)(=O)O)c(S(=O)(=O)O)cc2c1/N=N/c1cc(NC(=O)C(Br)CBr)ccc1S(=O)(=O)CCOS(=O)(=O)O. The Morgan fingerprint density at radius 1 is 0.646 bits per heavy atom. The molecular weight excluding hydrogens is 1100 g/mol. The number of sulfone groups is 1. The van der Waals surface area contributed by atoms with Gasteiger partial charge in [0.05, 0.1) is 39.2 Å². The third-order valence-corrected chi connectivity index (χ3v) is 15.3. The second-order valence-corrected chi connectivity index (χ2v) is 21.8. The summed E-state index contributed by atoms with van der Waals surface area (Å²) in [7, 11) is -24.6. The highest BCUT2D eigenvalue weighted by atomic mass is 79.9. The second-order valence-electron chi connectivity index (χ2n) is 12.7. The summed E-state index contributed by atoms with van der Waals surface area (Å²) in [6, 6.07) is 13.4. The van der Waals surface area contributed by atoms with Crippen molar-refractivity contribution in [1.29, 1.82) is 0 Å². The molecule has 25 nitrogen and oxygen atoms in total. The summed E-state index contributed by atoms with van der Waals surface area (Å²) in [5, 5.41) is 36.4. The second kappa shape index (κ2) is 19.7. The first-order valence-electron chi connectivity index (χ1n) is 17.1. The van der Waals surface area contributed by atoms with Gasteiger partial charge in [0.15, 0.2) is 15.6 Å². The van der Waals surface area contributed by atoms with E-state index in [2.05, 4.69) is 72.0 Å². The van der Waals surface area contributed by atoms with Gasteiger partial charge in [-0.25, -0.2) is 12.6 Å². The maximum absolute atomic E-state index is 13.3. The molecule has 0 aromatic heterocycles. The van der Waals surface area contributed by atoms with Crippen LogP contribution in [0.5, 0.6) is 5.75 Å². The molecular formula is C33H28Br2N8O17S5. The molecule has 0 radical (unpaired) electrons. The van der Waals surface area contributed by atoms with Gasteiger partial charge in [0.1, 0.15) is 37.4 Å². The summed E-state index contributed by atoms with van der Waals surface area (Å²) in [5.41, 5.74) is 3.16. The number of fused-ring (bicyclic) bond motifs is 1.